The Morgan fingerprint density at radius 2 is 1.91 bits per heavy atom. The van der Waals surface area contributed by atoms with E-state index in [0.29, 0.717) is 5.01 Å². The van der Waals surface area contributed by atoms with Gasteiger partial charge in [0.25, 0.3) is 5.91 Å². The lowest BCUT2D eigenvalue weighted by Crippen LogP contribution is -2.42. The van der Waals surface area contributed by atoms with Crippen molar-refractivity contribution < 1.29 is 4.79 Å². The molecule has 0 radical (unpaired) electrons. The van der Waals surface area contributed by atoms with E-state index in [0.717, 1.165) is 71.0 Å². The monoisotopic (exact) mass is 483 g/mol. The summed E-state index contributed by atoms with van der Waals surface area (Å²) in [7, 11) is 0. The van der Waals surface area contributed by atoms with Gasteiger partial charge in [0, 0.05) is 48.5 Å². The van der Waals surface area contributed by atoms with Gasteiger partial charge in [-0.1, -0.05) is 36.4 Å². The van der Waals surface area contributed by atoms with Crippen LogP contribution < -0.4 is 11.1 Å². The van der Waals surface area contributed by atoms with Gasteiger partial charge in [0.2, 0.25) is 0 Å². The maximum atomic E-state index is 13.1. The van der Waals surface area contributed by atoms with Gasteiger partial charge in [-0.15, -0.1) is 11.3 Å². The SMILES string of the molecule is Cc1ccc(-c2cc(CN3CCC[C@H](N)C3)cc(NC(=O)c3ncc(-c4ccccc4)s3)c2)cn1. The van der Waals surface area contributed by atoms with Crippen molar-refractivity contribution in [3.05, 3.63) is 89.3 Å². The fourth-order valence-electron chi connectivity index (χ4n) is 4.45. The number of hydrogen-bond donors (Lipinski definition) is 2. The Labute approximate surface area is 209 Å². The highest BCUT2D eigenvalue weighted by atomic mass is 32.1. The van der Waals surface area contributed by atoms with Crippen LogP contribution in [0.15, 0.2) is 73.1 Å². The summed E-state index contributed by atoms with van der Waals surface area (Å²) < 4.78 is 0. The molecule has 7 heteroatoms. The van der Waals surface area contributed by atoms with Crippen LogP contribution in [-0.4, -0.2) is 39.9 Å². The number of aryl methyl sites for hydroxylation is 1. The van der Waals surface area contributed by atoms with Crippen molar-refractivity contribution in [3.8, 4) is 21.6 Å². The van der Waals surface area contributed by atoms with E-state index in [-0.39, 0.29) is 11.9 Å². The second-order valence-corrected chi connectivity index (χ2v) is 10.1. The third-order valence-electron chi connectivity index (χ3n) is 6.20. The minimum Gasteiger partial charge on any atom is -0.327 e. The Bertz CT molecular complexity index is 1300. The number of piperidine rings is 1. The molecule has 5 rings (SSSR count). The van der Waals surface area contributed by atoms with Crippen molar-refractivity contribution >= 4 is 22.9 Å². The molecule has 0 spiro atoms. The van der Waals surface area contributed by atoms with Gasteiger partial charge < -0.3 is 11.1 Å². The molecule has 178 valence electrons. The Morgan fingerprint density at radius 1 is 1.06 bits per heavy atom. The number of aromatic nitrogens is 2. The van der Waals surface area contributed by atoms with Gasteiger partial charge in [-0.25, -0.2) is 4.98 Å². The number of benzene rings is 2. The van der Waals surface area contributed by atoms with E-state index >= 15 is 0 Å². The standard InChI is InChI=1S/C28H29N5OS/c1-19-9-10-22(15-30-19)23-12-20(17-33-11-5-8-24(29)18-33)13-25(14-23)32-27(34)28-31-16-26(35-28)21-6-3-2-4-7-21/h2-4,6-7,9-10,12-16,24H,5,8,11,17-18,29H2,1H3,(H,32,34)/t24-/m0/s1. The van der Waals surface area contributed by atoms with Crippen molar-refractivity contribution in [3.63, 3.8) is 0 Å². The highest BCUT2D eigenvalue weighted by Crippen LogP contribution is 2.29. The topological polar surface area (TPSA) is 84.1 Å². The lowest BCUT2D eigenvalue weighted by atomic mass is 10.0. The highest BCUT2D eigenvalue weighted by Gasteiger charge is 2.18. The zero-order chi connectivity index (χ0) is 24.2. The molecule has 6 nitrogen and oxygen atoms in total. The van der Waals surface area contributed by atoms with E-state index < -0.39 is 0 Å². The number of thiazole rings is 1. The molecule has 3 heterocycles. The normalized spacial score (nSPS) is 16.2. The van der Waals surface area contributed by atoms with Crippen LogP contribution >= 0.6 is 11.3 Å². The van der Waals surface area contributed by atoms with Crippen molar-refractivity contribution in [1.29, 1.82) is 0 Å². The van der Waals surface area contributed by atoms with Crippen LogP contribution in [-0.2, 0) is 6.54 Å². The molecule has 1 aliphatic rings. The number of nitrogens with zero attached hydrogens (tertiary/aromatic N) is 3. The van der Waals surface area contributed by atoms with Gasteiger partial charge in [-0.05, 0) is 67.3 Å². The first kappa shape index (κ1) is 23.4. The number of rotatable bonds is 6. The maximum Gasteiger partial charge on any atom is 0.284 e. The van der Waals surface area contributed by atoms with Crippen LogP contribution in [0.2, 0.25) is 0 Å². The number of nitrogens with one attached hydrogen (secondary N) is 1. The Morgan fingerprint density at radius 3 is 2.69 bits per heavy atom. The quantitative estimate of drug-likeness (QED) is 0.386. The molecule has 1 aliphatic heterocycles. The highest BCUT2D eigenvalue weighted by molar-refractivity contribution is 7.17. The number of pyridine rings is 1. The van der Waals surface area contributed by atoms with E-state index in [1.165, 1.54) is 11.3 Å². The molecule has 2 aromatic carbocycles. The number of likely N-dealkylation sites (tertiary alicyclic amines) is 1. The zero-order valence-electron chi connectivity index (χ0n) is 19.8. The Balaban J connectivity index is 1.41. The first-order valence-corrected chi connectivity index (χ1v) is 12.7. The van der Waals surface area contributed by atoms with Crippen molar-refractivity contribution in [2.24, 2.45) is 5.73 Å². The van der Waals surface area contributed by atoms with Gasteiger partial charge in [0.15, 0.2) is 5.01 Å². The predicted octanol–water partition coefficient (Wildman–Crippen LogP) is 5.36. The van der Waals surface area contributed by atoms with Gasteiger partial charge in [-0.2, -0.15) is 0 Å². The zero-order valence-corrected chi connectivity index (χ0v) is 20.6. The lowest BCUT2D eigenvalue weighted by molar-refractivity contribution is 0.102. The summed E-state index contributed by atoms with van der Waals surface area (Å²) in [5.41, 5.74) is 12.2. The molecular formula is C28H29N5OS. The van der Waals surface area contributed by atoms with Crippen molar-refractivity contribution in [2.45, 2.75) is 32.4 Å². The minimum atomic E-state index is -0.206. The van der Waals surface area contributed by atoms with Gasteiger partial charge in [0.05, 0.1) is 4.88 Å². The molecule has 0 unspecified atom stereocenters. The number of anilines is 1. The van der Waals surface area contributed by atoms with Crippen molar-refractivity contribution in [1.82, 2.24) is 14.9 Å². The summed E-state index contributed by atoms with van der Waals surface area (Å²) in [5, 5.41) is 3.52. The van der Waals surface area contributed by atoms with Crippen LogP contribution in [0.4, 0.5) is 5.69 Å². The maximum absolute atomic E-state index is 13.1. The van der Waals surface area contributed by atoms with E-state index in [1.807, 2.05) is 55.6 Å². The van der Waals surface area contributed by atoms with E-state index in [4.69, 9.17) is 5.73 Å². The third kappa shape index (κ3) is 5.82. The molecule has 1 saturated heterocycles. The molecule has 1 amide bonds. The first-order valence-electron chi connectivity index (χ1n) is 11.9. The smallest absolute Gasteiger partial charge is 0.284 e. The average Bonchev–Trinajstić information content (AvgIpc) is 3.36. The molecule has 1 fully saturated rings. The third-order valence-corrected chi connectivity index (χ3v) is 7.25. The van der Waals surface area contributed by atoms with E-state index in [2.05, 4.69) is 38.4 Å². The summed E-state index contributed by atoms with van der Waals surface area (Å²) >= 11 is 1.39. The first-order chi connectivity index (χ1) is 17.0. The summed E-state index contributed by atoms with van der Waals surface area (Å²) in [5.74, 6) is -0.206. The largest absolute Gasteiger partial charge is 0.327 e. The molecule has 3 N–H and O–H groups in total. The molecule has 2 aromatic heterocycles. The van der Waals surface area contributed by atoms with E-state index in [9.17, 15) is 4.79 Å². The molecule has 4 aromatic rings. The summed E-state index contributed by atoms with van der Waals surface area (Å²) in [6, 6.07) is 20.5. The second-order valence-electron chi connectivity index (χ2n) is 9.09. The number of nitrogens with two attached hydrogens (primary N) is 1. The fourth-order valence-corrected chi connectivity index (χ4v) is 5.27. The lowest BCUT2D eigenvalue weighted by Gasteiger charge is -2.30. The van der Waals surface area contributed by atoms with Crippen molar-refractivity contribution in [2.75, 3.05) is 18.4 Å². The molecule has 0 bridgehead atoms. The number of carbonyl (C=O) groups excluding carboxylic acids is 1. The van der Waals surface area contributed by atoms with Crippen LogP contribution in [0.1, 0.15) is 33.9 Å². The number of hydrogen-bond acceptors (Lipinski definition) is 6. The van der Waals surface area contributed by atoms with Gasteiger partial charge in [0.1, 0.15) is 0 Å². The molecule has 0 saturated carbocycles. The number of carbonyl (C=O) groups is 1. The Kier molecular flexibility index (Phi) is 6.99. The van der Waals surface area contributed by atoms with Gasteiger partial charge >= 0.3 is 0 Å². The average molecular weight is 484 g/mol. The Hall–Kier alpha value is -3.39. The molecule has 0 aliphatic carbocycles. The molecule has 1 atom stereocenters. The van der Waals surface area contributed by atoms with E-state index in [1.54, 1.807) is 6.20 Å². The predicted molar refractivity (Wildman–Crippen MR) is 142 cm³/mol. The summed E-state index contributed by atoms with van der Waals surface area (Å²) in [6.45, 7) is 4.69. The summed E-state index contributed by atoms with van der Waals surface area (Å²) in [4.78, 5) is 25.3. The minimum absolute atomic E-state index is 0.206. The summed E-state index contributed by atoms with van der Waals surface area (Å²) in [6.07, 6.45) is 5.82. The second kappa shape index (κ2) is 10.5. The number of amides is 1. The van der Waals surface area contributed by atoms with Gasteiger partial charge in [-0.3, -0.25) is 14.7 Å². The fraction of sp³-hybridized carbons (Fsp3) is 0.250. The molecular weight excluding hydrogens is 454 g/mol. The van der Waals surface area contributed by atoms with Crippen LogP contribution in [0, 0.1) is 6.92 Å². The molecule has 35 heavy (non-hydrogen) atoms. The van der Waals surface area contributed by atoms with Crippen LogP contribution in [0.5, 0.6) is 0 Å². The van der Waals surface area contributed by atoms with Crippen LogP contribution in [0.3, 0.4) is 0 Å². The van der Waals surface area contributed by atoms with Crippen LogP contribution in [0.25, 0.3) is 21.6 Å².